The number of rotatable bonds is 5. The lowest BCUT2D eigenvalue weighted by molar-refractivity contribution is -0.149. The molecule has 1 fully saturated rings. The van der Waals surface area contributed by atoms with E-state index in [1.165, 1.54) is 17.7 Å². The largest absolute Gasteiger partial charge is 0.449 e. The molecule has 0 saturated carbocycles. The summed E-state index contributed by atoms with van der Waals surface area (Å²) in [4.78, 5) is 33.9. The van der Waals surface area contributed by atoms with Gasteiger partial charge in [0.05, 0.1) is 23.2 Å². The van der Waals surface area contributed by atoms with E-state index in [4.69, 9.17) is 22.1 Å². The van der Waals surface area contributed by atoms with Gasteiger partial charge in [0, 0.05) is 11.6 Å². The molecule has 12 heteroatoms. The first-order valence-corrected chi connectivity index (χ1v) is 10.1. The van der Waals surface area contributed by atoms with Crippen LogP contribution in [0.1, 0.15) is 30.6 Å². The van der Waals surface area contributed by atoms with E-state index in [0.717, 1.165) is 6.08 Å². The normalized spacial score (nSPS) is 19.7. The quantitative estimate of drug-likeness (QED) is 0.517. The summed E-state index contributed by atoms with van der Waals surface area (Å²) in [6.07, 6.45) is 1.62. The second kappa shape index (κ2) is 8.09. The number of hydrogen-bond donors (Lipinski definition) is 2. The van der Waals surface area contributed by atoms with Crippen molar-refractivity contribution in [3.8, 4) is 0 Å². The van der Waals surface area contributed by atoms with E-state index in [0.29, 0.717) is 17.7 Å². The molecule has 0 radical (unpaired) electrons. The number of carbonyl (C=O) groups is 3. The van der Waals surface area contributed by atoms with Crippen LogP contribution in [-0.2, 0) is 24.2 Å². The van der Waals surface area contributed by atoms with Crippen molar-refractivity contribution in [1.82, 2.24) is 15.1 Å². The van der Waals surface area contributed by atoms with Crippen molar-refractivity contribution in [1.29, 1.82) is 0 Å². The van der Waals surface area contributed by atoms with Crippen LogP contribution in [0.5, 0.6) is 0 Å². The lowest BCUT2D eigenvalue weighted by atomic mass is 10.2. The van der Waals surface area contributed by atoms with Gasteiger partial charge < -0.3 is 10.5 Å². The molecule has 2 rings (SSSR count). The van der Waals surface area contributed by atoms with Crippen molar-refractivity contribution in [2.75, 3.05) is 11.5 Å². The molecule has 3 N–H and O–H groups in total. The molecule has 1 aromatic rings. The molecule has 2 unspecified atom stereocenters. The molecule has 1 saturated heterocycles. The summed E-state index contributed by atoms with van der Waals surface area (Å²) >= 11 is 6.29. The number of sulfone groups is 1. The highest BCUT2D eigenvalue weighted by atomic mass is 35.5. The van der Waals surface area contributed by atoms with E-state index in [2.05, 4.69) is 5.10 Å². The number of primary amides is 1. The molecule has 3 amide bonds. The lowest BCUT2D eigenvalue weighted by Gasteiger charge is -2.10. The molecule has 0 spiro atoms. The number of ether oxygens (including phenoxy) is 1. The van der Waals surface area contributed by atoms with Crippen LogP contribution in [0.3, 0.4) is 0 Å². The zero-order valence-electron chi connectivity index (χ0n) is 14.6. The van der Waals surface area contributed by atoms with Gasteiger partial charge in [0.1, 0.15) is 5.15 Å². The second-order valence-electron chi connectivity index (χ2n) is 6.06. The Labute approximate surface area is 160 Å². The van der Waals surface area contributed by atoms with E-state index in [1.54, 1.807) is 12.2 Å². The number of aromatic nitrogens is 2. The van der Waals surface area contributed by atoms with Crippen molar-refractivity contribution in [2.24, 2.45) is 5.73 Å². The van der Waals surface area contributed by atoms with Gasteiger partial charge in [0.25, 0.3) is 5.91 Å². The number of nitrogens with one attached hydrogen (secondary N) is 1. The fraction of sp³-hybridized carbons (Fsp3) is 0.467. The van der Waals surface area contributed by atoms with E-state index in [9.17, 15) is 22.8 Å². The number of nitrogens with two attached hydrogens (primary N) is 1. The van der Waals surface area contributed by atoms with Gasteiger partial charge in [-0.3, -0.25) is 10.1 Å². The zero-order chi connectivity index (χ0) is 20.4. The molecule has 148 valence electrons. The van der Waals surface area contributed by atoms with Crippen LogP contribution >= 0.6 is 11.6 Å². The zero-order valence-corrected chi connectivity index (χ0v) is 16.2. The van der Waals surface area contributed by atoms with E-state index in [1.807, 2.05) is 0 Å². The fourth-order valence-electron chi connectivity index (χ4n) is 2.57. The highest BCUT2D eigenvalue weighted by molar-refractivity contribution is 7.91. The van der Waals surface area contributed by atoms with Crippen molar-refractivity contribution in [3.63, 3.8) is 0 Å². The molecule has 2 atom stereocenters. The summed E-state index contributed by atoms with van der Waals surface area (Å²) in [5.41, 5.74) is 5.76. The molecule has 0 aliphatic carbocycles. The third-order valence-corrected chi connectivity index (χ3v) is 6.05. The van der Waals surface area contributed by atoms with Gasteiger partial charge in [-0.1, -0.05) is 11.6 Å². The van der Waals surface area contributed by atoms with Crippen LogP contribution in [-0.4, -0.2) is 53.7 Å². The summed E-state index contributed by atoms with van der Waals surface area (Å²) < 4.78 is 29.6. The van der Waals surface area contributed by atoms with Crippen LogP contribution in [0, 0.1) is 6.92 Å². The Kier molecular flexibility index (Phi) is 6.26. The Hall–Kier alpha value is -2.40. The number of carbonyl (C=O) groups excluding carboxylic acids is 3. The third kappa shape index (κ3) is 5.30. The van der Waals surface area contributed by atoms with Gasteiger partial charge >= 0.3 is 12.0 Å². The molecule has 10 nitrogen and oxygen atoms in total. The van der Waals surface area contributed by atoms with Crippen molar-refractivity contribution in [3.05, 3.63) is 22.5 Å². The molecule has 1 aliphatic rings. The van der Waals surface area contributed by atoms with Gasteiger partial charge in [-0.25, -0.2) is 22.7 Å². The number of aryl methyl sites for hydroxylation is 1. The molecule has 2 heterocycles. The summed E-state index contributed by atoms with van der Waals surface area (Å²) in [7, 11) is -3.10. The van der Waals surface area contributed by atoms with Gasteiger partial charge in [-0.15, -0.1) is 0 Å². The number of nitrogens with zero attached hydrogens (tertiary/aromatic N) is 2. The topological polar surface area (TPSA) is 150 Å². The standard InChI is InChI=1S/C15H19ClN4O6S/c1-8-11(3-4-12(21)26-9(2)14(22)18-15(17)23)13(16)20(19-8)10-5-6-27(24,25)7-10/h3-4,9-10H,5-7H2,1-2H3,(H3,17,18,22,23). The average molecular weight is 419 g/mol. The molecule has 0 aromatic carbocycles. The van der Waals surface area contributed by atoms with E-state index in [-0.39, 0.29) is 22.7 Å². The predicted octanol–water partition coefficient (Wildman–Crippen LogP) is 0.344. The number of imide groups is 1. The van der Waals surface area contributed by atoms with Gasteiger partial charge in [0.2, 0.25) is 0 Å². The van der Waals surface area contributed by atoms with Crippen LogP contribution in [0.4, 0.5) is 4.79 Å². The van der Waals surface area contributed by atoms with Gasteiger partial charge in [-0.2, -0.15) is 5.10 Å². The summed E-state index contributed by atoms with van der Waals surface area (Å²) in [6, 6.07) is -1.41. The molecular formula is C15H19ClN4O6S. The monoisotopic (exact) mass is 418 g/mol. The third-order valence-electron chi connectivity index (χ3n) is 3.92. The number of esters is 1. The van der Waals surface area contributed by atoms with Crippen LogP contribution < -0.4 is 11.1 Å². The van der Waals surface area contributed by atoms with Gasteiger partial charge in [0.15, 0.2) is 15.9 Å². The number of halogens is 1. The van der Waals surface area contributed by atoms with Crippen LogP contribution in [0.15, 0.2) is 6.08 Å². The first-order valence-electron chi connectivity index (χ1n) is 7.94. The lowest BCUT2D eigenvalue weighted by Crippen LogP contribution is -2.42. The Bertz CT molecular complexity index is 908. The summed E-state index contributed by atoms with van der Waals surface area (Å²) in [6.45, 7) is 2.95. The van der Waals surface area contributed by atoms with E-state index >= 15 is 0 Å². The Balaban J connectivity index is 2.08. The highest BCUT2D eigenvalue weighted by Crippen LogP contribution is 2.30. The fourth-order valence-corrected chi connectivity index (χ4v) is 4.64. The second-order valence-corrected chi connectivity index (χ2v) is 8.64. The smallest absolute Gasteiger partial charge is 0.331 e. The SMILES string of the molecule is Cc1nn(C2CCS(=O)(=O)C2)c(Cl)c1C=CC(=O)OC(C)C(=O)NC(N)=O. The number of amides is 3. The van der Waals surface area contributed by atoms with Crippen molar-refractivity contribution in [2.45, 2.75) is 32.4 Å². The summed E-state index contributed by atoms with van der Waals surface area (Å²) in [5, 5.41) is 6.26. The van der Waals surface area contributed by atoms with Crippen LogP contribution in [0.2, 0.25) is 5.15 Å². The first-order chi connectivity index (χ1) is 12.5. The molecular weight excluding hydrogens is 400 g/mol. The van der Waals surface area contributed by atoms with Crippen LogP contribution in [0.25, 0.3) is 6.08 Å². The predicted molar refractivity (Wildman–Crippen MR) is 96.6 cm³/mol. The molecule has 1 aromatic heterocycles. The Morgan fingerprint density at radius 2 is 2.11 bits per heavy atom. The summed E-state index contributed by atoms with van der Waals surface area (Å²) in [5.74, 6) is -1.65. The Morgan fingerprint density at radius 3 is 2.67 bits per heavy atom. The minimum atomic E-state index is -3.10. The molecule has 27 heavy (non-hydrogen) atoms. The minimum absolute atomic E-state index is 0.0362. The maximum Gasteiger partial charge on any atom is 0.331 e. The molecule has 1 aliphatic heterocycles. The van der Waals surface area contributed by atoms with Gasteiger partial charge in [-0.05, 0) is 26.3 Å². The molecule has 0 bridgehead atoms. The Morgan fingerprint density at radius 1 is 1.44 bits per heavy atom. The minimum Gasteiger partial charge on any atom is -0.449 e. The number of hydrogen-bond acceptors (Lipinski definition) is 7. The maximum atomic E-state index is 11.8. The average Bonchev–Trinajstić information content (AvgIpc) is 3.04. The van der Waals surface area contributed by atoms with Crippen molar-refractivity contribution >= 4 is 45.4 Å². The van der Waals surface area contributed by atoms with E-state index < -0.39 is 33.8 Å². The van der Waals surface area contributed by atoms with Crippen molar-refractivity contribution < 1.29 is 27.5 Å². The number of urea groups is 1. The maximum absolute atomic E-state index is 11.8. The highest BCUT2D eigenvalue weighted by Gasteiger charge is 2.31. The first kappa shape index (κ1) is 20.9.